The molecular formula is C25H27F2N5O2. The Morgan fingerprint density at radius 1 is 1.09 bits per heavy atom. The highest BCUT2D eigenvalue weighted by atomic mass is 19.1. The van der Waals surface area contributed by atoms with Crippen LogP contribution in [0.15, 0.2) is 42.9 Å². The average molecular weight is 468 g/mol. The lowest BCUT2D eigenvalue weighted by Crippen LogP contribution is -2.36. The average Bonchev–Trinajstić information content (AvgIpc) is 2.85. The van der Waals surface area contributed by atoms with Gasteiger partial charge in [0.05, 0.1) is 18.5 Å². The molecule has 7 nitrogen and oxygen atoms in total. The molecule has 1 saturated heterocycles. The maximum Gasteiger partial charge on any atom is 0.225 e. The lowest BCUT2D eigenvalue weighted by atomic mass is 9.98. The summed E-state index contributed by atoms with van der Waals surface area (Å²) in [5.74, 6) is 0.145. The van der Waals surface area contributed by atoms with Crippen LogP contribution < -0.4 is 9.64 Å². The van der Waals surface area contributed by atoms with Crippen LogP contribution in [0.1, 0.15) is 30.9 Å². The highest BCUT2D eigenvalue weighted by molar-refractivity contribution is 5.78. The van der Waals surface area contributed by atoms with Gasteiger partial charge in [-0.2, -0.15) is 0 Å². The Hall–Kier alpha value is -3.62. The first-order valence-corrected chi connectivity index (χ1v) is 11.3. The quantitative estimate of drug-likeness (QED) is 0.224. The van der Waals surface area contributed by atoms with E-state index in [4.69, 9.17) is 4.74 Å². The van der Waals surface area contributed by atoms with Crippen LogP contribution in [0.5, 0.6) is 5.75 Å². The molecule has 0 radical (unpaired) electrons. The van der Waals surface area contributed by atoms with Crippen molar-refractivity contribution < 1.29 is 18.3 Å². The maximum atomic E-state index is 14.2. The lowest BCUT2D eigenvalue weighted by Gasteiger charge is -2.31. The van der Waals surface area contributed by atoms with Crippen molar-refractivity contribution >= 4 is 12.2 Å². The fraction of sp³-hybridized carbons (Fsp3) is 0.360. The monoisotopic (exact) mass is 467 g/mol. The zero-order valence-corrected chi connectivity index (χ0v) is 19.2. The highest BCUT2D eigenvalue weighted by Crippen LogP contribution is 2.25. The van der Waals surface area contributed by atoms with Gasteiger partial charge in [0.2, 0.25) is 5.95 Å². The van der Waals surface area contributed by atoms with Crippen LogP contribution in [-0.4, -0.2) is 52.6 Å². The summed E-state index contributed by atoms with van der Waals surface area (Å²) >= 11 is 0. The van der Waals surface area contributed by atoms with Gasteiger partial charge in [-0.3, -0.25) is 4.98 Å². The fourth-order valence-corrected chi connectivity index (χ4v) is 3.88. The Kier molecular flexibility index (Phi) is 7.30. The first kappa shape index (κ1) is 23.5. The number of nitrogens with zero attached hydrogens (tertiary/aromatic N) is 5. The van der Waals surface area contributed by atoms with E-state index in [1.165, 1.54) is 0 Å². The van der Waals surface area contributed by atoms with Crippen molar-refractivity contribution in [1.29, 1.82) is 0 Å². The number of anilines is 1. The Balaban J connectivity index is 1.31. The van der Waals surface area contributed by atoms with Crippen LogP contribution in [0.2, 0.25) is 0 Å². The number of ether oxygens (including phenoxy) is 1. The van der Waals surface area contributed by atoms with E-state index in [2.05, 4.69) is 26.8 Å². The topological polar surface area (TPSA) is 77.2 Å². The minimum absolute atomic E-state index is 0.286. The summed E-state index contributed by atoms with van der Waals surface area (Å²) in [5, 5.41) is 11.1. The zero-order chi connectivity index (χ0) is 24.1. The van der Waals surface area contributed by atoms with Gasteiger partial charge in [-0.1, -0.05) is 6.92 Å². The number of hydrogen-bond acceptors (Lipinski definition) is 6. The van der Waals surface area contributed by atoms with Gasteiger partial charge in [-0.25, -0.2) is 23.5 Å². The third-order valence-electron chi connectivity index (χ3n) is 5.91. The van der Waals surface area contributed by atoms with Gasteiger partial charge >= 0.3 is 0 Å². The molecular weight excluding hydrogens is 440 g/mol. The molecule has 1 aromatic carbocycles. The summed E-state index contributed by atoms with van der Waals surface area (Å²) in [6, 6.07) is 5.72. The van der Waals surface area contributed by atoms with E-state index in [-0.39, 0.29) is 11.1 Å². The molecule has 1 fully saturated rings. The molecule has 2 aromatic heterocycles. The van der Waals surface area contributed by atoms with E-state index < -0.39 is 11.6 Å². The van der Waals surface area contributed by atoms with Crippen molar-refractivity contribution in [3.8, 4) is 17.0 Å². The SMILES string of the molecule is CCc1cnc(N2CCC(COc3ccc(-c4cc(F)c(/C=[N+](/C)[O-])c(F)c4)nc3)CC2)nc1. The van der Waals surface area contributed by atoms with Crippen LogP contribution in [-0.2, 0) is 6.42 Å². The van der Waals surface area contributed by atoms with Crippen molar-refractivity contribution in [3.05, 3.63) is 70.8 Å². The van der Waals surface area contributed by atoms with E-state index in [0.29, 0.717) is 28.7 Å². The predicted molar refractivity (Wildman–Crippen MR) is 126 cm³/mol. The summed E-state index contributed by atoms with van der Waals surface area (Å²) in [7, 11) is 1.16. The third kappa shape index (κ3) is 5.65. The first-order valence-electron chi connectivity index (χ1n) is 11.3. The first-order chi connectivity index (χ1) is 16.4. The van der Waals surface area contributed by atoms with Crippen molar-refractivity contribution in [1.82, 2.24) is 15.0 Å². The molecule has 4 rings (SSSR count). The molecule has 0 amide bonds. The Morgan fingerprint density at radius 3 is 2.32 bits per heavy atom. The molecule has 0 N–H and O–H groups in total. The number of aryl methyl sites for hydroxylation is 1. The molecule has 0 saturated carbocycles. The number of rotatable bonds is 7. The largest absolute Gasteiger partial charge is 0.624 e. The number of halogens is 2. The molecule has 3 heterocycles. The molecule has 0 bridgehead atoms. The maximum absolute atomic E-state index is 14.2. The standard InChI is InChI=1S/C25H27F2N5O2/c1-3-17-12-29-25(30-13-17)32-8-6-18(7-9-32)16-34-20-4-5-24(28-14-20)19-10-22(26)21(15-31(2)33)23(27)11-19/h4-5,10-15,18H,3,6-9,16H2,1-2H3/b31-15-. The van der Waals surface area contributed by atoms with Gasteiger partial charge in [0.15, 0.2) is 6.21 Å². The van der Waals surface area contributed by atoms with Crippen LogP contribution in [0.25, 0.3) is 11.3 Å². The van der Waals surface area contributed by atoms with Gasteiger partial charge in [0.1, 0.15) is 30.0 Å². The second-order valence-electron chi connectivity index (χ2n) is 8.39. The van der Waals surface area contributed by atoms with Gasteiger partial charge < -0.3 is 14.8 Å². The third-order valence-corrected chi connectivity index (χ3v) is 5.91. The van der Waals surface area contributed by atoms with Crippen LogP contribution in [0.3, 0.4) is 0 Å². The van der Waals surface area contributed by atoms with Gasteiger partial charge in [-0.15, -0.1) is 0 Å². The zero-order valence-electron chi connectivity index (χ0n) is 19.2. The minimum atomic E-state index is -0.821. The second kappa shape index (κ2) is 10.5. The Bertz CT molecular complexity index is 1120. The molecule has 9 heteroatoms. The molecule has 0 spiro atoms. The molecule has 178 valence electrons. The van der Waals surface area contributed by atoms with Crippen LogP contribution >= 0.6 is 0 Å². The van der Waals surface area contributed by atoms with Gasteiger partial charge in [0, 0.05) is 31.0 Å². The number of hydrogen-bond donors (Lipinski definition) is 0. The molecule has 0 atom stereocenters. The Morgan fingerprint density at radius 2 is 1.76 bits per heavy atom. The number of aromatic nitrogens is 3. The summed E-state index contributed by atoms with van der Waals surface area (Å²) < 4.78 is 34.7. The van der Waals surface area contributed by atoms with Crippen LogP contribution in [0.4, 0.5) is 14.7 Å². The van der Waals surface area contributed by atoms with Crippen molar-refractivity contribution in [2.75, 3.05) is 31.6 Å². The van der Waals surface area contributed by atoms with Gasteiger partial charge in [-0.05, 0) is 55.0 Å². The normalized spacial score (nSPS) is 14.9. The molecule has 1 aliphatic rings. The minimum Gasteiger partial charge on any atom is -0.624 e. The molecule has 1 aliphatic heterocycles. The van der Waals surface area contributed by atoms with E-state index in [0.717, 1.165) is 69.3 Å². The summed E-state index contributed by atoms with van der Waals surface area (Å²) in [6.07, 6.45) is 9.06. The number of hydroxylamine groups is 1. The number of piperidine rings is 1. The van der Waals surface area contributed by atoms with Crippen molar-refractivity contribution in [3.63, 3.8) is 0 Å². The second-order valence-corrected chi connectivity index (χ2v) is 8.39. The van der Waals surface area contributed by atoms with E-state index in [1.807, 2.05) is 12.4 Å². The highest BCUT2D eigenvalue weighted by Gasteiger charge is 2.21. The Labute approximate surface area is 197 Å². The van der Waals surface area contributed by atoms with E-state index in [9.17, 15) is 14.0 Å². The molecule has 3 aromatic rings. The lowest BCUT2D eigenvalue weighted by molar-refractivity contribution is -0.416. The molecule has 0 aliphatic carbocycles. The smallest absolute Gasteiger partial charge is 0.225 e. The molecule has 34 heavy (non-hydrogen) atoms. The predicted octanol–water partition coefficient (Wildman–Crippen LogP) is 4.23. The van der Waals surface area contributed by atoms with E-state index >= 15 is 0 Å². The van der Waals surface area contributed by atoms with E-state index in [1.54, 1.807) is 18.3 Å². The van der Waals surface area contributed by atoms with Crippen molar-refractivity contribution in [2.24, 2.45) is 5.92 Å². The number of pyridine rings is 1. The van der Waals surface area contributed by atoms with Crippen LogP contribution in [0, 0.1) is 22.8 Å². The summed E-state index contributed by atoms with van der Waals surface area (Å²) in [5.41, 5.74) is 1.45. The summed E-state index contributed by atoms with van der Waals surface area (Å²) in [4.78, 5) is 15.4. The summed E-state index contributed by atoms with van der Waals surface area (Å²) in [6.45, 7) is 4.41. The fourth-order valence-electron chi connectivity index (χ4n) is 3.88. The van der Waals surface area contributed by atoms with Crippen molar-refractivity contribution in [2.45, 2.75) is 26.2 Å². The molecule has 0 unspecified atom stereocenters. The number of benzene rings is 1. The van der Waals surface area contributed by atoms with Gasteiger partial charge in [0.25, 0.3) is 0 Å².